The average Bonchev–Trinajstić information content (AvgIpc) is 3.15. The van der Waals surface area contributed by atoms with Crippen LogP contribution >= 0.6 is 0 Å². The summed E-state index contributed by atoms with van der Waals surface area (Å²) in [6.45, 7) is 3.46. The second-order valence-electron chi connectivity index (χ2n) is 6.39. The summed E-state index contributed by atoms with van der Waals surface area (Å²) in [6, 6.07) is 16.1. The summed E-state index contributed by atoms with van der Waals surface area (Å²) in [5.74, 6) is 0.00931. The minimum Gasteiger partial charge on any atom is -0.489 e. The van der Waals surface area contributed by atoms with E-state index in [1.54, 1.807) is 0 Å². The normalized spacial score (nSPS) is 14.5. The summed E-state index contributed by atoms with van der Waals surface area (Å²) in [5.41, 5.74) is 3.33. The number of nitrogens with zero attached hydrogens (tertiary/aromatic N) is 1. The number of carboxylic acids is 1. The van der Waals surface area contributed by atoms with Crippen molar-refractivity contribution < 1.29 is 14.6 Å². The molecule has 4 nitrogen and oxygen atoms in total. The predicted molar refractivity (Wildman–Crippen MR) is 99.0 cm³/mol. The number of carboxylic acid groups (broad SMARTS) is 1. The second-order valence-corrected chi connectivity index (χ2v) is 6.39. The first kappa shape index (κ1) is 17.1. The van der Waals surface area contributed by atoms with Crippen molar-refractivity contribution in [2.24, 2.45) is 0 Å². The lowest BCUT2D eigenvalue weighted by molar-refractivity contribution is -0.137. The van der Waals surface area contributed by atoms with Crippen molar-refractivity contribution >= 4 is 11.7 Å². The highest BCUT2D eigenvalue weighted by molar-refractivity contribution is 5.68. The Kier molecular flexibility index (Phi) is 5.39. The molecule has 1 aliphatic rings. The number of hydrogen-bond acceptors (Lipinski definition) is 3. The molecule has 1 heterocycles. The summed E-state index contributed by atoms with van der Waals surface area (Å²) >= 11 is 0. The molecule has 3 rings (SSSR count). The van der Waals surface area contributed by atoms with Gasteiger partial charge in [0.05, 0.1) is 6.42 Å². The Morgan fingerprint density at radius 3 is 2.72 bits per heavy atom. The first-order chi connectivity index (χ1) is 12.1. The quantitative estimate of drug-likeness (QED) is 0.804. The molecule has 0 saturated carbocycles. The standard InChI is InChI=1S/C21H23NO3/c1-16(13-21(23)24)18-7-9-20(10-8-18)25-15-17-5-4-6-19(14-17)22-11-2-3-12-22/h2,4-11,14,16H,3,12-13,15H2,1H3,(H,23,24). The number of carbonyl (C=O) groups is 1. The van der Waals surface area contributed by atoms with Gasteiger partial charge in [0.25, 0.3) is 0 Å². The molecular formula is C21H23NO3. The van der Waals surface area contributed by atoms with Gasteiger partial charge in [0, 0.05) is 18.4 Å². The van der Waals surface area contributed by atoms with Gasteiger partial charge in [-0.2, -0.15) is 0 Å². The minimum atomic E-state index is -0.777. The first-order valence-electron chi connectivity index (χ1n) is 8.58. The highest BCUT2D eigenvalue weighted by Gasteiger charge is 2.10. The largest absolute Gasteiger partial charge is 0.489 e. The van der Waals surface area contributed by atoms with Gasteiger partial charge >= 0.3 is 5.97 Å². The van der Waals surface area contributed by atoms with Crippen molar-refractivity contribution in [2.75, 3.05) is 11.4 Å². The monoisotopic (exact) mass is 337 g/mol. The smallest absolute Gasteiger partial charge is 0.303 e. The van der Waals surface area contributed by atoms with Crippen LogP contribution in [-0.4, -0.2) is 17.6 Å². The van der Waals surface area contributed by atoms with E-state index in [9.17, 15) is 4.79 Å². The van der Waals surface area contributed by atoms with Crippen LogP contribution in [0.1, 0.15) is 36.8 Å². The number of hydrogen-bond donors (Lipinski definition) is 1. The molecule has 0 spiro atoms. The van der Waals surface area contributed by atoms with E-state index in [2.05, 4.69) is 41.4 Å². The van der Waals surface area contributed by atoms with Crippen molar-refractivity contribution in [2.45, 2.75) is 32.3 Å². The van der Waals surface area contributed by atoms with Crippen LogP contribution in [0.15, 0.2) is 60.8 Å². The summed E-state index contributed by atoms with van der Waals surface area (Å²) in [7, 11) is 0. The third kappa shape index (κ3) is 4.63. The van der Waals surface area contributed by atoms with Crippen molar-refractivity contribution in [3.63, 3.8) is 0 Å². The van der Waals surface area contributed by atoms with E-state index in [0.717, 1.165) is 29.8 Å². The predicted octanol–water partition coefficient (Wildman–Crippen LogP) is 4.57. The highest BCUT2D eigenvalue weighted by Crippen LogP contribution is 2.24. The Bertz CT molecular complexity index is 752. The van der Waals surface area contributed by atoms with Crippen LogP contribution in [0.2, 0.25) is 0 Å². The molecular weight excluding hydrogens is 314 g/mol. The lowest BCUT2D eigenvalue weighted by Crippen LogP contribution is -2.12. The van der Waals surface area contributed by atoms with Crippen LogP contribution in [0.4, 0.5) is 5.69 Å². The molecule has 0 fully saturated rings. The van der Waals surface area contributed by atoms with E-state index in [4.69, 9.17) is 9.84 Å². The molecule has 0 saturated heterocycles. The Hall–Kier alpha value is -2.75. The summed E-state index contributed by atoms with van der Waals surface area (Å²) in [4.78, 5) is 13.0. The molecule has 130 valence electrons. The Morgan fingerprint density at radius 1 is 1.24 bits per heavy atom. The average molecular weight is 337 g/mol. The van der Waals surface area contributed by atoms with Crippen LogP contribution in [0.25, 0.3) is 0 Å². The lowest BCUT2D eigenvalue weighted by Gasteiger charge is -2.16. The lowest BCUT2D eigenvalue weighted by atomic mass is 9.98. The molecule has 1 aliphatic heterocycles. The summed E-state index contributed by atoms with van der Waals surface area (Å²) in [5, 5.41) is 8.88. The van der Waals surface area contributed by atoms with Gasteiger partial charge in [-0.25, -0.2) is 0 Å². The van der Waals surface area contributed by atoms with Gasteiger partial charge in [-0.05, 0) is 47.7 Å². The molecule has 0 bridgehead atoms. The molecule has 0 amide bonds. The van der Waals surface area contributed by atoms with Crippen molar-refractivity contribution in [3.8, 4) is 5.75 Å². The molecule has 1 unspecified atom stereocenters. The number of rotatable bonds is 7. The summed E-state index contributed by atoms with van der Waals surface area (Å²) in [6.07, 6.45) is 5.53. The molecule has 2 aromatic carbocycles. The fraction of sp³-hybridized carbons (Fsp3) is 0.286. The zero-order valence-electron chi connectivity index (χ0n) is 14.4. The third-order valence-electron chi connectivity index (χ3n) is 4.40. The third-order valence-corrected chi connectivity index (χ3v) is 4.40. The van der Waals surface area contributed by atoms with Crippen LogP contribution in [-0.2, 0) is 11.4 Å². The van der Waals surface area contributed by atoms with Gasteiger partial charge in [-0.15, -0.1) is 0 Å². The maximum atomic E-state index is 10.8. The van der Waals surface area contributed by atoms with Crippen molar-refractivity contribution in [1.29, 1.82) is 0 Å². The second kappa shape index (κ2) is 7.88. The minimum absolute atomic E-state index is 0.00301. The van der Waals surface area contributed by atoms with Gasteiger partial charge in [-0.1, -0.05) is 37.3 Å². The Labute approximate surface area is 148 Å². The van der Waals surface area contributed by atoms with Crippen molar-refractivity contribution in [1.82, 2.24) is 0 Å². The molecule has 25 heavy (non-hydrogen) atoms. The van der Waals surface area contributed by atoms with Gasteiger partial charge < -0.3 is 14.7 Å². The van der Waals surface area contributed by atoms with E-state index >= 15 is 0 Å². The fourth-order valence-electron chi connectivity index (χ4n) is 2.97. The molecule has 0 radical (unpaired) electrons. The molecule has 2 aromatic rings. The Balaban J connectivity index is 1.59. The SMILES string of the molecule is CC(CC(=O)O)c1ccc(OCc2cccc(N3C=CCC3)c2)cc1. The molecule has 0 aromatic heterocycles. The first-order valence-corrected chi connectivity index (χ1v) is 8.58. The molecule has 4 heteroatoms. The van der Waals surface area contributed by atoms with Gasteiger partial charge in [-0.3, -0.25) is 4.79 Å². The van der Waals surface area contributed by atoms with Crippen LogP contribution in [0, 0.1) is 0 Å². The van der Waals surface area contributed by atoms with E-state index in [0.29, 0.717) is 6.61 Å². The number of aliphatic carboxylic acids is 1. The zero-order valence-corrected chi connectivity index (χ0v) is 14.4. The molecule has 1 N–H and O–H groups in total. The molecule has 0 aliphatic carbocycles. The van der Waals surface area contributed by atoms with Gasteiger partial charge in [0.15, 0.2) is 0 Å². The van der Waals surface area contributed by atoms with E-state index in [1.165, 1.54) is 5.69 Å². The van der Waals surface area contributed by atoms with E-state index < -0.39 is 5.97 Å². The van der Waals surface area contributed by atoms with Crippen molar-refractivity contribution in [3.05, 3.63) is 71.9 Å². The molecule has 1 atom stereocenters. The number of benzene rings is 2. The van der Waals surface area contributed by atoms with Gasteiger partial charge in [0.1, 0.15) is 12.4 Å². The van der Waals surface area contributed by atoms with Crippen LogP contribution in [0.3, 0.4) is 0 Å². The fourth-order valence-corrected chi connectivity index (χ4v) is 2.97. The zero-order chi connectivity index (χ0) is 17.6. The van der Waals surface area contributed by atoms with E-state index in [1.807, 2.05) is 31.2 Å². The number of anilines is 1. The Morgan fingerprint density at radius 2 is 2.04 bits per heavy atom. The van der Waals surface area contributed by atoms with Crippen LogP contribution in [0.5, 0.6) is 5.75 Å². The summed E-state index contributed by atoms with van der Waals surface area (Å²) < 4.78 is 5.87. The van der Waals surface area contributed by atoms with Gasteiger partial charge in [0.2, 0.25) is 0 Å². The van der Waals surface area contributed by atoms with E-state index in [-0.39, 0.29) is 12.3 Å². The maximum Gasteiger partial charge on any atom is 0.303 e. The number of ether oxygens (including phenoxy) is 1. The highest BCUT2D eigenvalue weighted by atomic mass is 16.5. The topological polar surface area (TPSA) is 49.8 Å². The van der Waals surface area contributed by atoms with Crippen LogP contribution < -0.4 is 9.64 Å². The maximum absolute atomic E-state index is 10.8.